The van der Waals surface area contributed by atoms with E-state index in [0.29, 0.717) is 5.56 Å². The average molecular weight is 354 g/mol. The van der Waals surface area contributed by atoms with Gasteiger partial charge in [0.2, 0.25) is 0 Å². The van der Waals surface area contributed by atoms with E-state index < -0.39 is 26.7 Å². The molecule has 132 valence electrons. The predicted octanol–water partition coefficient (Wildman–Crippen LogP) is 5.94. The van der Waals surface area contributed by atoms with Gasteiger partial charge < -0.3 is 4.43 Å². The Balaban J connectivity index is 3.08. The number of alkyl halides is 3. The summed E-state index contributed by atoms with van der Waals surface area (Å²) in [5.74, 6) is 5.40. The van der Waals surface area contributed by atoms with Crippen LogP contribution in [0.5, 0.6) is 0 Å². The van der Waals surface area contributed by atoms with E-state index in [2.05, 4.69) is 11.8 Å². The van der Waals surface area contributed by atoms with Gasteiger partial charge in [-0.25, -0.2) is 0 Å². The van der Waals surface area contributed by atoms with Crippen LogP contribution in [0.15, 0.2) is 41.5 Å². The Bertz CT molecular complexity index is 641. The van der Waals surface area contributed by atoms with Crippen LogP contribution in [-0.4, -0.2) is 21.1 Å². The first kappa shape index (κ1) is 20.5. The van der Waals surface area contributed by atoms with E-state index in [4.69, 9.17) is 4.43 Å². The second-order valence-electron chi connectivity index (χ2n) is 7.27. The minimum atomic E-state index is -4.45. The lowest BCUT2D eigenvalue weighted by Gasteiger charge is -2.36. The van der Waals surface area contributed by atoms with Crippen LogP contribution in [0.4, 0.5) is 13.2 Å². The molecule has 0 aliphatic rings. The molecule has 0 atom stereocenters. The van der Waals surface area contributed by atoms with E-state index in [1.807, 2.05) is 39.9 Å². The molecule has 5 heteroatoms. The molecular weight excluding hydrogens is 329 g/mol. The summed E-state index contributed by atoms with van der Waals surface area (Å²) in [6, 6.07) is 8.96. The molecule has 1 nitrogen and oxygen atoms in total. The highest BCUT2D eigenvalue weighted by Crippen LogP contribution is 2.38. The molecule has 0 aliphatic heterocycles. The van der Waals surface area contributed by atoms with Crippen LogP contribution in [0.3, 0.4) is 0 Å². The first-order chi connectivity index (χ1) is 10.8. The zero-order valence-corrected chi connectivity index (χ0v) is 16.1. The molecule has 0 saturated carbocycles. The molecular formula is C19H25F3OSi. The predicted molar refractivity (Wildman–Crippen MR) is 95.2 cm³/mol. The number of halogens is 3. The van der Waals surface area contributed by atoms with Gasteiger partial charge >= 0.3 is 6.18 Å². The zero-order valence-electron chi connectivity index (χ0n) is 15.1. The van der Waals surface area contributed by atoms with Crippen molar-refractivity contribution in [1.29, 1.82) is 0 Å². The van der Waals surface area contributed by atoms with Crippen molar-refractivity contribution < 1.29 is 17.6 Å². The van der Waals surface area contributed by atoms with Gasteiger partial charge in [0.1, 0.15) is 0 Å². The van der Waals surface area contributed by atoms with Gasteiger partial charge in [-0.1, -0.05) is 50.8 Å². The molecule has 0 N–H and O–H groups in total. The van der Waals surface area contributed by atoms with Crippen molar-refractivity contribution in [2.75, 3.05) is 6.61 Å². The fourth-order valence-electron chi connectivity index (χ4n) is 1.63. The molecule has 0 fully saturated rings. The number of allylic oxidation sites excluding steroid dienone is 1. The fourth-order valence-corrected chi connectivity index (χ4v) is 2.57. The molecule has 1 aromatic carbocycles. The lowest BCUT2D eigenvalue weighted by molar-refractivity contribution is -0.0976. The van der Waals surface area contributed by atoms with E-state index in [-0.39, 0.29) is 10.6 Å². The number of hydrogen-bond donors (Lipinski definition) is 0. The summed E-state index contributed by atoms with van der Waals surface area (Å²) in [5.41, 5.74) is -0.00972. The highest BCUT2D eigenvalue weighted by atomic mass is 28.4. The Hall–Kier alpha value is -1.51. The highest BCUT2D eigenvalue weighted by molar-refractivity contribution is 6.74. The van der Waals surface area contributed by atoms with Gasteiger partial charge in [-0.15, -0.1) is 0 Å². The molecule has 0 unspecified atom stereocenters. The Labute approximate surface area is 144 Å². The van der Waals surface area contributed by atoms with Crippen LogP contribution >= 0.6 is 0 Å². The molecule has 0 radical (unpaired) electrons. The quantitative estimate of drug-likeness (QED) is 0.482. The average Bonchev–Trinajstić information content (AvgIpc) is 2.43. The van der Waals surface area contributed by atoms with Gasteiger partial charge in [0, 0.05) is 11.1 Å². The minimum absolute atomic E-state index is 0.00469. The number of rotatable bonds is 3. The molecule has 0 saturated heterocycles. The van der Waals surface area contributed by atoms with Crippen LogP contribution in [0.1, 0.15) is 33.3 Å². The summed E-state index contributed by atoms with van der Waals surface area (Å²) in [5, 5.41) is -0.146. The molecule has 1 aromatic rings. The maximum atomic E-state index is 13.4. The molecule has 1 rings (SSSR count). The Morgan fingerprint density at radius 2 is 1.62 bits per heavy atom. The maximum absolute atomic E-state index is 13.4. The van der Waals surface area contributed by atoms with Crippen molar-refractivity contribution in [2.24, 2.45) is 0 Å². The number of benzene rings is 1. The Morgan fingerprint density at radius 3 is 2.08 bits per heavy atom. The van der Waals surface area contributed by atoms with E-state index in [0.717, 1.165) is 0 Å². The third kappa shape index (κ3) is 5.84. The molecule has 24 heavy (non-hydrogen) atoms. The van der Waals surface area contributed by atoms with E-state index in [1.165, 1.54) is 6.92 Å². The van der Waals surface area contributed by atoms with E-state index >= 15 is 0 Å². The smallest absolute Gasteiger partial charge is 0.413 e. The van der Waals surface area contributed by atoms with Gasteiger partial charge in [0.15, 0.2) is 8.32 Å². The largest absolute Gasteiger partial charge is 0.415 e. The molecule has 0 bridgehead atoms. The second kappa shape index (κ2) is 7.58. The molecule has 0 aliphatic carbocycles. The van der Waals surface area contributed by atoms with E-state index in [1.54, 1.807) is 24.3 Å². The van der Waals surface area contributed by atoms with Crippen LogP contribution in [0.25, 0.3) is 0 Å². The van der Waals surface area contributed by atoms with Gasteiger partial charge in [0.05, 0.1) is 12.2 Å². The van der Waals surface area contributed by atoms with Crippen molar-refractivity contribution in [3.05, 3.63) is 47.0 Å². The van der Waals surface area contributed by atoms with Gasteiger partial charge in [-0.2, -0.15) is 13.2 Å². The normalized spacial score (nSPS) is 13.9. The zero-order chi connectivity index (χ0) is 18.6. The molecule has 0 amide bonds. The first-order valence-corrected chi connectivity index (χ1v) is 10.7. The summed E-state index contributed by atoms with van der Waals surface area (Å²) in [6.45, 7) is 10.8. The second-order valence-corrected chi connectivity index (χ2v) is 12.1. The van der Waals surface area contributed by atoms with Crippen LogP contribution in [0, 0.1) is 11.8 Å². The summed E-state index contributed by atoms with van der Waals surface area (Å²) < 4.78 is 45.9. The fraction of sp³-hybridized carbons (Fsp3) is 0.474. The SMILES string of the molecule is C/C(C#Cc1ccccc1)=C(/CO[Si](C)(C)C(C)(C)C)C(F)(F)F. The number of hydrogen-bond acceptors (Lipinski definition) is 1. The minimum Gasteiger partial charge on any atom is -0.413 e. The van der Waals surface area contributed by atoms with Crippen LogP contribution in [-0.2, 0) is 4.43 Å². The van der Waals surface area contributed by atoms with Crippen molar-refractivity contribution >= 4 is 8.32 Å². The monoisotopic (exact) mass is 354 g/mol. The third-order valence-corrected chi connectivity index (χ3v) is 8.82. The maximum Gasteiger partial charge on any atom is 0.415 e. The molecule has 0 aromatic heterocycles. The van der Waals surface area contributed by atoms with Crippen molar-refractivity contribution in [3.8, 4) is 11.8 Å². The van der Waals surface area contributed by atoms with Crippen LogP contribution in [0.2, 0.25) is 18.1 Å². The summed E-state index contributed by atoms with van der Waals surface area (Å²) in [7, 11) is -2.26. The van der Waals surface area contributed by atoms with Gasteiger partial charge in [0.25, 0.3) is 0 Å². The highest BCUT2D eigenvalue weighted by Gasteiger charge is 2.41. The van der Waals surface area contributed by atoms with Crippen LogP contribution < -0.4 is 0 Å². The summed E-state index contributed by atoms with van der Waals surface area (Å²) in [4.78, 5) is 0. The van der Waals surface area contributed by atoms with E-state index in [9.17, 15) is 13.2 Å². The van der Waals surface area contributed by atoms with Crippen molar-refractivity contribution in [1.82, 2.24) is 0 Å². The standard InChI is InChI=1S/C19H25F3OSi/c1-15(12-13-16-10-8-7-9-11-16)17(19(20,21)22)14-23-24(5,6)18(2,3)4/h7-11H,14H2,1-6H3/b17-15+. The third-order valence-electron chi connectivity index (χ3n) is 4.35. The van der Waals surface area contributed by atoms with Crippen molar-refractivity contribution in [3.63, 3.8) is 0 Å². The first-order valence-electron chi connectivity index (χ1n) is 7.82. The lowest BCUT2D eigenvalue weighted by Crippen LogP contribution is -2.42. The molecule has 0 heterocycles. The topological polar surface area (TPSA) is 9.23 Å². The Morgan fingerprint density at radius 1 is 1.08 bits per heavy atom. The van der Waals surface area contributed by atoms with Crippen molar-refractivity contribution in [2.45, 2.75) is 52.0 Å². The molecule has 0 spiro atoms. The summed E-state index contributed by atoms with van der Waals surface area (Å²) in [6.07, 6.45) is -4.45. The lowest BCUT2D eigenvalue weighted by atomic mass is 10.1. The summed E-state index contributed by atoms with van der Waals surface area (Å²) >= 11 is 0. The Kier molecular flexibility index (Phi) is 6.49. The van der Waals surface area contributed by atoms with Gasteiger partial charge in [-0.05, 0) is 37.2 Å². The van der Waals surface area contributed by atoms with Gasteiger partial charge in [-0.3, -0.25) is 0 Å².